The molecule has 0 aliphatic rings. The molecule has 0 radical (unpaired) electrons. The van der Waals surface area contributed by atoms with Crippen LogP contribution in [0.3, 0.4) is 0 Å². The summed E-state index contributed by atoms with van der Waals surface area (Å²) in [7, 11) is 0. The first-order valence-electron chi connectivity index (χ1n) is 5.28. The summed E-state index contributed by atoms with van der Waals surface area (Å²) in [6, 6.07) is 2.00. The molecule has 15 heavy (non-hydrogen) atoms. The summed E-state index contributed by atoms with van der Waals surface area (Å²) >= 11 is 0. The molecule has 1 aromatic carbocycles. The number of halogens is 3. The van der Waals surface area contributed by atoms with E-state index in [4.69, 9.17) is 0 Å². The lowest BCUT2D eigenvalue weighted by Gasteiger charge is -1.98. The summed E-state index contributed by atoms with van der Waals surface area (Å²) in [6.07, 6.45) is 0.494. The Labute approximate surface area is 90.1 Å². The molecule has 0 aliphatic heterocycles. The molecule has 0 aliphatic carbocycles. The van der Waals surface area contributed by atoms with E-state index in [1.165, 1.54) is 0 Å². The van der Waals surface area contributed by atoms with Crippen molar-refractivity contribution >= 4 is 0 Å². The highest BCUT2D eigenvalue weighted by atomic mass is 19.2. The molecule has 0 fully saturated rings. The van der Waals surface area contributed by atoms with Crippen molar-refractivity contribution in [2.24, 2.45) is 0 Å². The summed E-state index contributed by atoms with van der Waals surface area (Å²) in [5.74, 6) is -3.65. The van der Waals surface area contributed by atoms with E-state index in [1.807, 2.05) is 27.7 Å². The van der Waals surface area contributed by atoms with Crippen LogP contribution in [0.15, 0.2) is 12.1 Å². The molecule has 0 heterocycles. The van der Waals surface area contributed by atoms with E-state index in [9.17, 15) is 13.2 Å². The monoisotopic (exact) mass is 220 g/mol. The zero-order valence-electron chi connectivity index (χ0n) is 10.00. The van der Waals surface area contributed by atoms with Crippen LogP contribution in [0, 0.1) is 17.5 Å². The highest BCUT2D eigenvalue weighted by Gasteiger charge is 2.08. The second kappa shape index (κ2) is 9.56. The third-order valence-electron chi connectivity index (χ3n) is 1.45. The van der Waals surface area contributed by atoms with Gasteiger partial charge in [-0.2, -0.15) is 0 Å². The van der Waals surface area contributed by atoms with Gasteiger partial charge in [-0.15, -0.1) is 0 Å². The molecule has 0 amide bonds. The topological polar surface area (TPSA) is 0 Å². The maximum absolute atomic E-state index is 12.4. The van der Waals surface area contributed by atoms with Crippen LogP contribution in [-0.2, 0) is 6.42 Å². The van der Waals surface area contributed by atoms with Crippen LogP contribution >= 0.6 is 0 Å². The molecular weight excluding hydrogens is 201 g/mol. The third-order valence-corrected chi connectivity index (χ3v) is 1.45. The second-order valence-corrected chi connectivity index (χ2v) is 2.23. The Morgan fingerprint density at radius 2 is 1.20 bits per heavy atom. The average Bonchev–Trinajstić information content (AvgIpc) is 2.30. The molecule has 0 saturated carbocycles. The van der Waals surface area contributed by atoms with Crippen LogP contribution in [0.2, 0.25) is 0 Å². The van der Waals surface area contributed by atoms with Crippen molar-refractivity contribution in [1.29, 1.82) is 0 Å². The lowest BCUT2D eigenvalue weighted by molar-refractivity contribution is 0.445. The Morgan fingerprint density at radius 3 is 1.47 bits per heavy atom. The minimum absolute atomic E-state index is 0.460. The van der Waals surface area contributed by atoms with E-state index >= 15 is 0 Å². The summed E-state index contributed by atoms with van der Waals surface area (Å²) in [5.41, 5.74) is 0.460. The molecule has 0 unspecified atom stereocenters. The van der Waals surface area contributed by atoms with E-state index in [-0.39, 0.29) is 0 Å². The minimum atomic E-state index is -1.40. The van der Waals surface area contributed by atoms with Crippen molar-refractivity contribution in [3.63, 3.8) is 0 Å². The Morgan fingerprint density at radius 1 is 0.867 bits per heavy atom. The Bertz CT molecular complexity index is 247. The molecular formula is C12H19F3. The molecule has 0 aromatic heterocycles. The normalized spacial score (nSPS) is 8.27. The lowest BCUT2D eigenvalue weighted by atomic mass is 10.1. The van der Waals surface area contributed by atoms with Gasteiger partial charge in [0.2, 0.25) is 0 Å². The SMILES string of the molecule is CC.CC.CCc1cc(F)c(F)c(F)c1. The fraction of sp³-hybridized carbons (Fsp3) is 0.500. The van der Waals surface area contributed by atoms with E-state index in [0.29, 0.717) is 12.0 Å². The summed E-state index contributed by atoms with van der Waals surface area (Å²) < 4.78 is 37.1. The van der Waals surface area contributed by atoms with Gasteiger partial charge >= 0.3 is 0 Å². The van der Waals surface area contributed by atoms with Crippen LogP contribution in [0.5, 0.6) is 0 Å². The van der Waals surface area contributed by atoms with Crippen molar-refractivity contribution < 1.29 is 13.2 Å². The van der Waals surface area contributed by atoms with Gasteiger partial charge in [0.15, 0.2) is 17.5 Å². The first kappa shape index (κ1) is 16.4. The highest BCUT2D eigenvalue weighted by Crippen LogP contribution is 2.13. The van der Waals surface area contributed by atoms with Crippen molar-refractivity contribution in [2.45, 2.75) is 41.0 Å². The van der Waals surface area contributed by atoms with Crippen LogP contribution in [0.25, 0.3) is 0 Å². The number of hydrogen-bond acceptors (Lipinski definition) is 0. The predicted octanol–water partition coefficient (Wildman–Crippen LogP) is 4.72. The summed E-state index contributed by atoms with van der Waals surface area (Å²) in [6.45, 7) is 9.74. The van der Waals surface area contributed by atoms with Gasteiger partial charge in [-0.05, 0) is 24.1 Å². The number of rotatable bonds is 1. The van der Waals surface area contributed by atoms with Gasteiger partial charge in [0, 0.05) is 0 Å². The largest absolute Gasteiger partial charge is 0.204 e. The molecule has 0 N–H and O–H groups in total. The fourth-order valence-corrected chi connectivity index (χ4v) is 0.812. The molecule has 3 heteroatoms. The van der Waals surface area contributed by atoms with Crippen LogP contribution in [0.1, 0.15) is 40.2 Å². The van der Waals surface area contributed by atoms with Crippen LogP contribution < -0.4 is 0 Å². The van der Waals surface area contributed by atoms with E-state index in [0.717, 1.165) is 12.1 Å². The molecule has 0 bridgehead atoms. The summed E-state index contributed by atoms with van der Waals surface area (Å²) in [5, 5.41) is 0. The van der Waals surface area contributed by atoms with Gasteiger partial charge in [-0.1, -0.05) is 34.6 Å². The molecule has 0 atom stereocenters. The van der Waals surface area contributed by atoms with Gasteiger partial charge in [-0.3, -0.25) is 0 Å². The predicted molar refractivity (Wildman–Crippen MR) is 58.4 cm³/mol. The number of aryl methyl sites for hydroxylation is 1. The lowest BCUT2D eigenvalue weighted by Crippen LogP contribution is -1.92. The van der Waals surface area contributed by atoms with Crippen molar-refractivity contribution in [1.82, 2.24) is 0 Å². The number of benzene rings is 1. The Balaban J connectivity index is 0. The van der Waals surface area contributed by atoms with E-state index < -0.39 is 17.5 Å². The zero-order chi connectivity index (χ0) is 12.4. The Kier molecular flexibility index (Phi) is 10.5. The molecule has 0 spiro atoms. The van der Waals surface area contributed by atoms with Gasteiger partial charge in [0.05, 0.1) is 0 Å². The van der Waals surface area contributed by atoms with Gasteiger partial charge in [-0.25, -0.2) is 13.2 Å². The van der Waals surface area contributed by atoms with E-state index in [1.54, 1.807) is 6.92 Å². The first-order chi connectivity index (χ1) is 7.15. The summed E-state index contributed by atoms with van der Waals surface area (Å²) in [4.78, 5) is 0. The molecule has 0 nitrogen and oxygen atoms in total. The van der Waals surface area contributed by atoms with Crippen LogP contribution in [0.4, 0.5) is 13.2 Å². The van der Waals surface area contributed by atoms with Gasteiger partial charge in [0.25, 0.3) is 0 Å². The molecule has 0 saturated heterocycles. The van der Waals surface area contributed by atoms with Crippen molar-refractivity contribution in [2.75, 3.05) is 0 Å². The van der Waals surface area contributed by atoms with Crippen LogP contribution in [-0.4, -0.2) is 0 Å². The smallest absolute Gasteiger partial charge is 0.194 e. The molecule has 1 rings (SSSR count). The highest BCUT2D eigenvalue weighted by molar-refractivity contribution is 5.19. The van der Waals surface area contributed by atoms with Gasteiger partial charge < -0.3 is 0 Å². The third kappa shape index (κ3) is 5.45. The maximum Gasteiger partial charge on any atom is 0.194 e. The average molecular weight is 220 g/mol. The fourth-order valence-electron chi connectivity index (χ4n) is 0.812. The quantitative estimate of drug-likeness (QED) is 0.601. The maximum atomic E-state index is 12.4. The molecule has 1 aromatic rings. The number of hydrogen-bond donors (Lipinski definition) is 0. The molecule has 88 valence electrons. The zero-order valence-corrected chi connectivity index (χ0v) is 10.00. The first-order valence-corrected chi connectivity index (χ1v) is 5.28. The van der Waals surface area contributed by atoms with Crippen molar-refractivity contribution in [3.05, 3.63) is 35.1 Å². The Hall–Kier alpha value is -0.990. The second-order valence-electron chi connectivity index (χ2n) is 2.23. The standard InChI is InChI=1S/C8H7F3.2C2H6/c1-2-5-3-6(9)8(11)7(10)4-5;2*1-2/h3-4H,2H2,1H3;2*1-2H3. The van der Waals surface area contributed by atoms with Gasteiger partial charge in [0.1, 0.15) is 0 Å². The van der Waals surface area contributed by atoms with E-state index in [2.05, 4.69) is 0 Å². The van der Waals surface area contributed by atoms with Crippen molar-refractivity contribution in [3.8, 4) is 0 Å². The minimum Gasteiger partial charge on any atom is -0.204 e.